The Labute approximate surface area is 41.2 Å². The quantitative estimate of drug-likeness (QED) is 0.428. The molecule has 0 aromatic carbocycles. The Balaban J connectivity index is 2.85. The number of hydrogen-bond donors (Lipinski definition) is 1. The second-order valence-electron chi connectivity index (χ2n) is 0.420. The molecule has 0 bridgehead atoms. The molecule has 0 saturated heterocycles. The summed E-state index contributed by atoms with van der Waals surface area (Å²) in [5, 5.41) is 0. The summed E-state index contributed by atoms with van der Waals surface area (Å²) in [6.07, 6.45) is 0.519. The van der Waals surface area contributed by atoms with Gasteiger partial charge in [0.2, 0.25) is 0 Å². The molecule has 0 amide bonds. The van der Waals surface area contributed by atoms with Gasteiger partial charge in [0.1, 0.15) is 23.6 Å². The van der Waals surface area contributed by atoms with Crippen molar-refractivity contribution in [2.24, 2.45) is 0 Å². The van der Waals surface area contributed by atoms with Crippen LogP contribution in [0.25, 0.3) is 0 Å². The summed E-state index contributed by atoms with van der Waals surface area (Å²) >= 11 is 4.82. The molecular weight excluding hydrogens is 123 g/mol. The zero-order chi connectivity index (χ0) is 4.28. The van der Waals surface area contributed by atoms with Crippen LogP contribution in [-0.2, 0) is 4.57 Å². The van der Waals surface area contributed by atoms with Gasteiger partial charge in [0, 0.05) is 6.26 Å². The van der Waals surface area contributed by atoms with E-state index in [4.69, 9.17) is 0 Å². The molecule has 0 aliphatic carbocycles. The van der Waals surface area contributed by atoms with Gasteiger partial charge in [-0.25, -0.2) is 0 Å². The Bertz CT molecular complexity index is 44.9. The van der Waals surface area contributed by atoms with Crippen molar-refractivity contribution in [3.63, 3.8) is 0 Å². The SMILES string of the molecule is CS[P+](=O)S. The van der Waals surface area contributed by atoms with Gasteiger partial charge in [-0.1, -0.05) is 0 Å². The number of rotatable bonds is 1. The Morgan fingerprint density at radius 2 is 2.20 bits per heavy atom. The van der Waals surface area contributed by atoms with E-state index in [0.29, 0.717) is 0 Å². The first-order chi connectivity index (χ1) is 2.27. The normalized spacial score (nSPS) is 11.2. The van der Waals surface area contributed by atoms with Crippen molar-refractivity contribution < 1.29 is 4.57 Å². The maximum Gasteiger partial charge on any atom is 0.480 e. The molecule has 0 aliphatic rings. The van der Waals surface area contributed by atoms with Crippen molar-refractivity contribution in [1.29, 1.82) is 0 Å². The van der Waals surface area contributed by atoms with Crippen LogP contribution in [0.2, 0.25) is 0 Å². The lowest BCUT2D eigenvalue weighted by molar-refractivity contribution is 0.603. The second-order valence-corrected chi connectivity index (χ2v) is 5.25. The molecule has 0 radical (unpaired) electrons. The highest BCUT2D eigenvalue weighted by Gasteiger charge is 2.00. The monoisotopic (exact) mass is 127 g/mol. The highest BCUT2D eigenvalue weighted by molar-refractivity contribution is 8.79. The maximum atomic E-state index is 9.79. The molecule has 0 spiro atoms. The molecule has 1 atom stereocenters. The smallest absolute Gasteiger partial charge is 0.0444 e. The summed E-state index contributed by atoms with van der Waals surface area (Å²) in [6, 6.07) is 0. The molecular formula is CH4OPS2+. The fourth-order valence-electron chi connectivity index (χ4n) is 0. The van der Waals surface area contributed by atoms with E-state index in [1.165, 1.54) is 11.4 Å². The third kappa shape index (κ3) is 4.80. The van der Waals surface area contributed by atoms with Gasteiger partial charge in [-0.3, -0.25) is 0 Å². The van der Waals surface area contributed by atoms with Crippen molar-refractivity contribution >= 4 is 29.8 Å². The summed E-state index contributed by atoms with van der Waals surface area (Å²) in [6.45, 7) is 0. The van der Waals surface area contributed by atoms with Gasteiger partial charge in [0.05, 0.1) is 0 Å². The fourth-order valence-corrected chi connectivity index (χ4v) is 0. The molecule has 0 heterocycles. The Morgan fingerprint density at radius 1 is 2.00 bits per heavy atom. The van der Waals surface area contributed by atoms with Crippen molar-refractivity contribution in [2.45, 2.75) is 0 Å². The molecule has 5 heavy (non-hydrogen) atoms. The molecule has 1 unspecified atom stereocenters. The highest BCUT2D eigenvalue weighted by atomic mass is 33.1. The van der Waals surface area contributed by atoms with Gasteiger partial charge in [0.25, 0.3) is 0 Å². The van der Waals surface area contributed by atoms with Gasteiger partial charge in [-0.2, -0.15) is 0 Å². The first-order valence-corrected chi connectivity index (χ1v) is 5.22. The maximum absolute atomic E-state index is 9.79. The average molecular weight is 127 g/mol. The van der Waals surface area contributed by atoms with E-state index >= 15 is 0 Å². The van der Waals surface area contributed by atoms with E-state index in [1.54, 1.807) is 6.26 Å². The van der Waals surface area contributed by atoms with Crippen LogP contribution in [-0.4, -0.2) is 6.26 Å². The van der Waals surface area contributed by atoms with Crippen LogP contribution in [0.4, 0.5) is 0 Å². The summed E-state index contributed by atoms with van der Waals surface area (Å²) in [5.74, 6) is 0. The topological polar surface area (TPSA) is 17.1 Å². The van der Waals surface area contributed by atoms with E-state index in [-0.39, 0.29) is 0 Å². The molecule has 0 aromatic heterocycles. The first-order valence-electron chi connectivity index (χ1n) is 0.973. The predicted molar refractivity (Wildman–Crippen MR) is 30.1 cm³/mol. The Hall–Kier alpha value is 0.800. The van der Waals surface area contributed by atoms with Gasteiger partial charge in [-0.05, 0) is 4.57 Å². The van der Waals surface area contributed by atoms with E-state index in [0.717, 1.165) is 0 Å². The van der Waals surface area contributed by atoms with Gasteiger partial charge in [0.15, 0.2) is 0 Å². The molecule has 0 aromatic rings. The molecule has 30 valence electrons. The summed E-state index contributed by atoms with van der Waals surface area (Å²) in [7, 11) is 0. The standard InChI is InChI=1S/CH3OPS2/c1-5-3(2)4/h1H3/p+1. The minimum Gasteiger partial charge on any atom is -0.0444 e. The number of hydrogen-bond acceptors (Lipinski definition) is 2. The summed E-state index contributed by atoms with van der Waals surface area (Å²) in [5.41, 5.74) is 0. The Morgan fingerprint density at radius 3 is 2.20 bits per heavy atom. The van der Waals surface area contributed by atoms with Crippen LogP contribution < -0.4 is 0 Å². The number of thiol groups is 1. The summed E-state index contributed by atoms with van der Waals surface area (Å²) in [4.78, 5) is 0. The van der Waals surface area contributed by atoms with Crippen molar-refractivity contribution in [3.8, 4) is 0 Å². The average Bonchev–Trinajstić information content (AvgIpc) is 1.38. The van der Waals surface area contributed by atoms with E-state index < -0.39 is 6.20 Å². The van der Waals surface area contributed by atoms with Gasteiger partial charge in [-0.15, -0.1) is 0 Å². The van der Waals surface area contributed by atoms with Gasteiger partial charge < -0.3 is 0 Å². The van der Waals surface area contributed by atoms with E-state index in [2.05, 4.69) is 12.2 Å². The molecule has 0 fully saturated rings. The zero-order valence-corrected chi connectivity index (χ0v) is 5.32. The minimum atomic E-state index is -1.24. The van der Waals surface area contributed by atoms with Crippen molar-refractivity contribution in [2.75, 3.05) is 6.26 Å². The third-order valence-electron chi connectivity index (χ3n) is 0.156. The van der Waals surface area contributed by atoms with Crippen LogP contribution in [0.1, 0.15) is 0 Å². The second kappa shape index (κ2) is 3.01. The van der Waals surface area contributed by atoms with Gasteiger partial charge >= 0.3 is 6.20 Å². The zero-order valence-electron chi connectivity index (χ0n) is 2.71. The molecule has 0 saturated carbocycles. The van der Waals surface area contributed by atoms with Crippen LogP contribution in [0, 0.1) is 0 Å². The fraction of sp³-hybridized carbons (Fsp3) is 1.00. The molecule has 0 aliphatic heterocycles. The van der Waals surface area contributed by atoms with Crippen molar-refractivity contribution in [1.82, 2.24) is 0 Å². The first kappa shape index (κ1) is 5.80. The largest absolute Gasteiger partial charge is 0.480 e. The van der Waals surface area contributed by atoms with E-state index in [1.807, 2.05) is 0 Å². The molecule has 0 rings (SSSR count). The van der Waals surface area contributed by atoms with Crippen LogP contribution in [0.3, 0.4) is 0 Å². The molecule has 4 heteroatoms. The lowest BCUT2D eigenvalue weighted by Gasteiger charge is -1.50. The predicted octanol–water partition coefficient (Wildman–Crippen LogP) is 1.94. The van der Waals surface area contributed by atoms with E-state index in [9.17, 15) is 4.57 Å². The van der Waals surface area contributed by atoms with Crippen molar-refractivity contribution in [3.05, 3.63) is 0 Å². The van der Waals surface area contributed by atoms with Crippen LogP contribution in [0.5, 0.6) is 0 Å². The van der Waals surface area contributed by atoms with Crippen LogP contribution >= 0.6 is 29.8 Å². The molecule has 0 N–H and O–H groups in total. The summed E-state index contributed by atoms with van der Waals surface area (Å²) < 4.78 is 9.79. The van der Waals surface area contributed by atoms with Crippen LogP contribution in [0.15, 0.2) is 0 Å². The highest BCUT2D eigenvalue weighted by Crippen LogP contribution is 2.38. The minimum absolute atomic E-state index is 1.24. The lowest BCUT2D eigenvalue weighted by atomic mass is 12.0. The third-order valence-corrected chi connectivity index (χ3v) is 2.88. The molecule has 1 nitrogen and oxygen atoms in total. The lowest BCUT2D eigenvalue weighted by Crippen LogP contribution is -1.23. The Kier molecular flexibility index (Phi) is 3.49.